The van der Waals surface area contributed by atoms with Crippen molar-refractivity contribution in [1.82, 2.24) is 15.1 Å². The highest BCUT2D eigenvalue weighted by Gasteiger charge is 2.33. The molecular weight excluding hydrogens is 361 g/mol. The second kappa shape index (κ2) is 7.99. The van der Waals surface area contributed by atoms with Crippen LogP contribution < -0.4 is 14.8 Å². The zero-order valence-electron chi connectivity index (χ0n) is 15.1. The maximum absolute atomic E-state index is 12.5. The molecule has 2 heterocycles. The van der Waals surface area contributed by atoms with Gasteiger partial charge in [-0.2, -0.15) is 13.2 Å². The van der Waals surface area contributed by atoms with Crippen LogP contribution in [0, 0.1) is 0 Å². The first kappa shape index (κ1) is 19.2. The topological polar surface area (TPSA) is 59.5 Å². The third-order valence-electron chi connectivity index (χ3n) is 4.40. The van der Waals surface area contributed by atoms with Gasteiger partial charge in [-0.25, -0.2) is 0 Å². The van der Waals surface area contributed by atoms with Crippen LogP contribution in [0.2, 0.25) is 0 Å². The molecule has 1 aromatic heterocycles. The van der Waals surface area contributed by atoms with Crippen LogP contribution in [0.1, 0.15) is 17.7 Å². The summed E-state index contributed by atoms with van der Waals surface area (Å²) >= 11 is 0. The fourth-order valence-electron chi connectivity index (χ4n) is 3.08. The average molecular weight is 382 g/mol. The van der Waals surface area contributed by atoms with E-state index in [1.54, 1.807) is 14.2 Å². The minimum absolute atomic E-state index is 0.101. The zero-order chi connectivity index (χ0) is 19.4. The Labute approximate surface area is 155 Å². The SMILES string of the molecule is COc1cc(CN2CCC(Nc3ccc(C(F)(F)F)nn3)C2)cc(OC)c1. The number of likely N-dealkylation sites (tertiary alicyclic amines) is 1. The van der Waals surface area contributed by atoms with Crippen molar-refractivity contribution < 1.29 is 22.6 Å². The summed E-state index contributed by atoms with van der Waals surface area (Å²) in [5, 5.41) is 10.0. The van der Waals surface area contributed by atoms with Crippen LogP contribution in [0.3, 0.4) is 0 Å². The fourth-order valence-corrected chi connectivity index (χ4v) is 3.08. The van der Waals surface area contributed by atoms with E-state index in [1.165, 1.54) is 6.07 Å². The highest BCUT2D eigenvalue weighted by molar-refractivity contribution is 5.39. The Morgan fingerprint density at radius 2 is 1.81 bits per heavy atom. The van der Waals surface area contributed by atoms with E-state index < -0.39 is 11.9 Å². The minimum atomic E-state index is -4.48. The zero-order valence-corrected chi connectivity index (χ0v) is 15.1. The van der Waals surface area contributed by atoms with Crippen molar-refractivity contribution in [2.45, 2.75) is 25.2 Å². The lowest BCUT2D eigenvalue weighted by Gasteiger charge is -2.18. The molecule has 0 spiro atoms. The molecule has 27 heavy (non-hydrogen) atoms. The van der Waals surface area contributed by atoms with Crippen molar-refractivity contribution in [2.75, 3.05) is 32.6 Å². The number of anilines is 1. The van der Waals surface area contributed by atoms with E-state index in [1.807, 2.05) is 18.2 Å². The third kappa shape index (κ3) is 5.00. The normalized spacial score (nSPS) is 17.7. The predicted molar refractivity (Wildman–Crippen MR) is 93.9 cm³/mol. The minimum Gasteiger partial charge on any atom is -0.497 e. The van der Waals surface area contributed by atoms with Gasteiger partial charge in [-0.1, -0.05) is 0 Å². The number of nitrogens with one attached hydrogen (secondary N) is 1. The van der Waals surface area contributed by atoms with Crippen LogP contribution in [-0.2, 0) is 12.7 Å². The highest BCUT2D eigenvalue weighted by atomic mass is 19.4. The fraction of sp³-hybridized carbons (Fsp3) is 0.444. The van der Waals surface area contributed by atoms with Gasteiger partial charge in [-0.05, 0) is 36.2 Å². The lowest BCUT2D eigenvalue weighted by atomic mass is 10.2. The smallest absolute Gasteiger partial charge is 0.435 e. The molecule has 6 nitrogen and oxygen atoms in total. The van der Waals surface area contributed by atoms with Gasteiger partial charge in [-0.15, -0.1) is 10.2 Å². The number of hydrogen-bond acceptors (Lipinski definition) is 6. The van der Waals surface area contributed by atoms with E-state index in [0.717, 1.165) is 49.2 Å². The summed E-state index contributed by atoms with van der Waals surface area (Å²) in [6, 6.07) is 8.09. The molecule has 1 N–H and O–H groups in total. The number of nitrogens with zero attached hydrogens (tertiary/aromatic N) is 3. The third-order valence-corrected chi connectivity index (χ3v) is 4.40. The van der Waals surface area contributed by atoms with Gasteiger partial charge in [0.1, 0.15) is 17.3 Å². The summed E-state index contributed by atoms with van der Waals surface area (Å²) in [6.45, 7) is 2.35. The van der Waals surface area contributed by atoms with Gasteiger partial charge in [-0.3, -0.25) is 4.90 Å². The van der Waals surface area contributed by atoms with Crippen molar-refractivity contribution in [3.63, 3.8) is 0 Å². The van der Waals surface area contributed by atoms with E-state index >= 15 is 0 Å². The molecule has 9 heteroatoms. The Kier molecular flexibility index (Phi) is 5.69. The standard InChI is InChI=1S/C18H21F3N4O2/c1-26-14-7-12(8-15(9-14)27-2)10-25-6-5-13(11-25)22-17-4-3-16(23-24-17)18(19,20)21/h3-4,7-9,13H,5-6,10-11H2,1-2H3,(H,22,24). The number of alkyl halides is 3. The van der Waals surface area contributed by atoms with E-state index in [2.05, 4.69) is 20.4 Å². The Balaban J connectivity index is 1.57. The van der Waals surface area contributed by atoms with E-state index in [0.29, 0.717) is 5.82 Å². The molecule has 1 aliphatic heterocycles. The van der Waals surface area contributed by atoms with Crippen molar-refractivity contribution in [2.24, 2.45) is 0 Å². The first-order valence-corrected chi connectivity index (χ1v) is 8.49. The molecule has 1 saturated heterocycles. The van der Waals surface area contributed by atoms with Crippen LogP contribution in [0.4, 0.5) is 19.0 Å². The highest BCUT2D eigenvalue weighted by Crippen LogP contribution is 2.28. The number of rotatable bonds is 6. The first-order chi connectivity index (χ1) is 12.9. The van der Waals surface area contributed by atoms with Gasteiger partial charge >= 0.3 is 6.18 Å². The second-order valence-electron chi connectivity index (χ2n) is 6.39. The van der Waals surface area contributed by atoms with E-state index in [9.17, 15) is 13.2 Å². The lowest BCUT2D eigenvalue weighted by molar-refractivity contribution is -0.141. The largest absolute Gasteiger partial charge is 0.497 e. The number of aromatic nitrogens is 2. The van der Waals surface area contributed by atoms with Crippen molar-refractivity contribution in [1.29, 1.82) is 0 Å². The molecule has 146 valence electrons. The molecular formula is C18H21F3N4O2. The van der Waals surface area contributed by atoms with Crippen molar-refractivity contribution in [3.8, 4) is 11.5 Å². The molecule has 3 rings (SSSR count). The molecule has 0 aliphatic carbocycles. The Bertz CT molecular complexity index is 746. The lowest BCUT2D eigenvalue weighted by Crippen LogP contribution is -2.26. The monoisotopic (exact) mass is 382 g/mol. The molecule has 1 aromatic carbocycles. The molecule has 0 saturated carbocycles. The Morgan fingerprint density at radius 3 is 2.37 bits per heavy atom. The van der Waals surface area contributed by atoms with Gasteiger partial charge in [0.25, 0.3) is 0 Å². The van der Waals surface area contributed by atoms with Gasteiger partial charge < -0.3 is 14.8 Å². The average Bonchev–Trinajstić information content (AvgIpc) is 3.07. The molecule has 1 fully saturated rings. The molecule has 0 amide bonds. The van der Waals surface area contributed by atoms with Crippen LogP contribution in [0.25, 0.3) is 0 Å². The quantitative estimate of drug-likeness (QED) is 0.828. The van der Waals surface area contributed by atoms with Crippen LogP contribution >= 0.6 is 0 Å². The molecule has 1 aliphatic rings. The summed E-state index contributed by atoms with van der Waals surface area (Å²) < 4.78 is 48.2. The maximum Gasteiger partial charge on any atom is 0.435 e. The van der Waals surface area contributed by atoms with Crippen molar-refractivity contribution in [3.05, 3.63) is 41.6 Å². The Morgan fingerprint density at radius 1 is 1.11 bits per heavy atom. The summed E-state index contributed by atoms with van der Waals surface area (Å²) in [6.07, 6.45) is -3.61. The number of benzene rings is 1. The molecule has 0 radical (unpaired) electrons. The summed E-state index contributed by atoms with van der Waals surface area (Å²) in [4.78, 5) is 2.25. The van der Waals surface area contributed by atoms with Crippen molar-refractivity contribution >= 4 is 5.82 Å². The van der Waals surface area contributed by atoms with Gasteiger partial charge in [0.05, 0.1) is 14.2 Å². The number of methoxy groups -OCH3 is 2. The molecule has 2 aromatic rings. The first-order valence-electron chi connectivity index (χ1n) is 8.49. The van der Waals surface area contributed by atoms with Crippen LogP contribution in [-0.4, -0.2) is 48.4 Å². The number of hydrogen-bond donors (Lipinski definition) is 1. The number of ether oxygens (including phenoxy) is 2. The summed E-state index contributed by atoms with van der Waals surface area (Å²) in [7, 11) is 3.22. The second-order valence-corrected chi connectivity index (χ2v) is 6.39. The molecule has 1 unspecified atom stereocenters. The summed E-state index contributed by atoms with van der Waals surface area (Å²) in [5.74, 6) is 1.81. The van der Waals surface area contributed by atoms with Gasteiger partial charge in [0.15, 0.2) is 5.69 Å². The van der Waals surface area contributed by atoms with Crippen LogP contribution in [0.15, 0.2) is 30.3 Å². The number of halogens is 3. The maximum atomic E-state index is 12.5. The molecule has 0 bridgehead atoms. The van der Waals surface area contributed by atoms with E-state index in [-0.39, 0.29) is 6.04 Å². The van der Waals surface area contributed by atoms with Crippen LogP contribution in [0.5, 0.6) is 11.5 Å². The summed E-state index contributed by atoms with van der Waals surface area (Å²) in [5.41, 5.74) is 0.0780. The predicted octanol–water partition coefficient (Wildman–Crippen LogP) is 3.20. The van der Waals surface area contributed by atoms with Gasteiger partial charge in [0, 0.05) is 31.7 Å². The molecule has 1 atom stereocenters. The van der Waals surface area contributed by atoms with E-state index in [4.69, 9.17) is 9.47 Å². The Hall–Kier alpha value is -2.55. The van der Waals surface area contributed by atoms with Gasteiger partial charge in [0.2, 0.25) is 0 Å².